The van der Waals surface area contributed by atoms with Gasteiger partial charge in [-0.15, -0.1) is 0 Å². The van der Waals surface area contributed by atoms with E-state index in [0.717, 1.165) is 32.1 Å². The van der Waals surface area contributed by atoms with Crippen molar-refractivity contribution >= 4 is 29.4 Å². The van der Waals surface area contributed by atoms with Crippen LogP contribution in [0.5, 0.6) is 0 Å². The summed E-state index contributed by atoms with van der Waals surface area (Å²) in [7, 11) is 0. The zero-order chi connectivity index (χ0) is 22.2. The Hall–Kier alpha value is -2.90. The number of carbonyl (C=O) groups excluding carboxylic acids is 4. The van der Waals surface area contributed by atoms with E-state index in [1.807, 2.05) is 11.8 Å². The predicted molar refractivity (Wildman–Crippen MR) is 113 cm³/mol. The topological polar surface area (TPSA) is 102 Å². The van der Waals surface area contributed by atoms with Crippen LogP contribution in [0, 0.1) is 5.92 Å². The van der Waals surface area contributed by atoms with Gasteiger partial charge in [-0.3, -0.25) is 14.4 Å². The predicted octanol–water partition coefficient (Wildman–Crippen LogP) is 2.92. The first kappa shape index (κ1) is 22.8. The minimum absolute atomic E-state index is 0.00384. The Bertz CT molecular complexity index is 801. The van der Waals surface area contributed by atoms with Crippen molar-refractivity contribution in [1.29, 1.82) is 0 Å². The van der Waals surface area contributed by atoms with Gasteiger partial charge in [-0.25, -0.2) is 4.79 Å². The first-order valence-corrected chi connectivity index (χ1v) is 11.0. The zero-order valence-corrected chi connectivity index (χ0v) is 17.9. The number of ether oxygens (including phenoxy) is 2. The van der Waals surface area contributed by atoms with Crippen molar-refractivity contribution in [1.82, 2.24) is 4.90 Å². The molecule has 31 heavy (non-hydrogen) atoms. The summed E-state index contributed by atoms with van der Waals surface area (Å²) in [5.41, 5.74) is 0.874. The van der Waals surface area contributed by atoms with Crippen molar-refractivity contribution in [3.05, 3.63) is 29.8 Å². The first-order chi connectivity index (χ1) is 15.0. The Kier molecular flexibility index (Phi) is 8.03. The SMILES string of the molecule is CCCOC(=O)c1ccc(NC(=O)COC(=O)[C@@H]2CC(=O)N(C3CCCCC3)C2)cc1. The molecule has 168 valence electrons. The number of hydrogen-bond acceptors (Lipinski definition) is 6. The number of anilines is 1. The molecule has 1 saturated carbocycles. The maximum atomic E-state index is 12.3. The number of benzene rings is 1. The molecule has 1 aliphatic carbocycles. The highest BCUT2D eigenvalue weighted by Gasteiger charge is 2.39. The Balaban J connectivity index is 1.42. The number of amides is 2. The molecule has 1 aromatic carbocycles. The molecule has 1 atom stereocenters. The summed E-state index contributed by atoms with van der Waals surface area (Å²) in [6, 6.07) is 6.51. The van der Waals surface area contributed by atoms with Crippen LogP contribution in [-0.4, -0.2) is 54.5 Å². The fourth-order valence-corrected chi connectivity index (χ4v) is 4.05. The molecule has 0 aromatic heterocycles. The Morgan fingerprint density at radius 1 is 1.06 bits per heavy atom. The van der Waals surface area contributed by atoms with Gasteiger partial charge in [0.2, 0.25) is 5.91 Å². The van der Waals surface area contributed by atoms with Gasteiger partial charge in [-0.2, -0.15) is 0 Å². The summed E-state index contributed by atoms with van der Waals surface area (Å²) in [6.45, 7) is 2.22. The number of nitrogens with zero attached hydrogens (tertiary/aromatic N) is 1. The quantitative estimate of drug-likeness (QED) is 0.636. The van der Waals surface area contributed by atoms with Crippen molar-refractivity contribution < 1.29 is 28.7 Å². The van der Waals surface area contributed by atoms with Crippen LogP contribution in [0.1, 0.15) is 62.2 Å². The van der Waals surface area contributed by atoms with Gasteiger partial charge in [0.25, 0.3) is 5.91 Å². The lowest BCUT2D eigenvalue weighted by Gasteiger charge is -2.31. The summed E-state index contributed by atoms with van der Waals surface area (Å²) in [6.07, 6.45) is 6.30. The highest BCUT2D eigenvalue weighted by molar-refractivity contribution is 5.95. The van der Waals surface area contributed by atoms with E-state index in [-0.39, 0.29) is 18.4 Å². The molecule has 2 aliphatic rings. The van der Waals surface area contributed by atoms with Crippen molar-refractivity contribution in [2.75, 3.05) is 25.1 Å². The fraction of sp³-hybridized carbons (Fsp3) is 0.565. The van der Waals surface area contributed by atoms with E-state index in [1.54, 1.807) is 24.3 Å². The van der Waals surface area contributed by atoms with Crippen molar-refractivity contribution in [3.63, 3.8) is 0 Å². The molecule has 1 heterocycles. The van der Waals surface area contributed by atoms with E-state index >= 15 is 0 Å². The number of nitrogens with one attached hydrogen (secondary N) is 1. The summed E-state index contributed by atoms with van der Waals surface area (Å²) >= 11 is 0. The summed E-state index contributed by atoms with van der Waals surface area (Å²) in [5.74, 6) is -1.94. The second-order valence-corrected chi connectivity index (χ2v) is 8.11. The van der Waals surface area contributed by atoms with Gasteiger partial charge in [0.05, 0.1) is 18.1 Å². The fourth-order valence-electron chi connectivity index (χ4n) is 4.05. The zero-order valence-electron chi connectivity index (χ0n) is 17.9. The summed E-state index contributed by atoms with van der Waals surface area (Å²) < 4.78 is 10.2. The smallest absolute Gasteiger partial charge is 0.338 e. The minimum atomic E-state index is -0.518. The standard InChI is InChI=1S/C23H30N2O6/c1-2-12-30-22(28)16-8-10-18(11-9-16)24-20(26)15-31-23(29)17-13-21(27)25(14-17)19-6-4-3-5-7-19/h8-11,17,19H,2-7,12-15H2,1H3,(H,24,26)/t17-/m1/s1. The first-order valence-electron chi connectivity index (χ1n) is 11.0. The molecule has 1 saturated heterocycles. The molecule has 0 bridgehead atoms. The molecule has 1 aromatic rings. The second-order valence-electron chi connectivity index (χ2n) is 8.11. The monoisotopic (exact) mass is 430 g/mol. The largest absolute Gasteiger partial charge is 0.462 e. The van der Waals surface area contributed by atoms with Crippen molar-refractivity contribution in [2.45, 2.75) is 57.9 Å². The lowest BCUT2D eigenvalue weighted by molar-refractivity contribution is -0.151. The normalized spacial score (nSPS) is 19.2. The number of esters is 2. The molecule has 2 fully saturated rings. The number of carbonyl (C=O) groups is 4. The number of hydrogen-bond donors (Lipinski definition) is 1. The van der Waals surface area contributed by atoms with E-state index in [1.165, 1.54) is 6.42 Å². The van der Waals surface area contributed by atoms with Gasteiger partial charge in [0.1, 0.15) is 0 Å². The molecule has 0 unspecified atom stereocenters. The third kappa shape index (κ3) is 6.29. The Morgan fingerprint density at radius 2 is 1.77 bits per heavy atom. The molecule has 2 amide bonds. The molecule has 0 radical (unpaired) electrons. The Morgan fingerprint density at radius 3 is 2.45 bits per heavy atom. The number of rotatable bonds is 8. The maximum absolute atomic E-state index is 12.3. The lowest BCUT2D eigenvalue weighted by Crippen LogP contribution is -2.38. The van der Waals surface area contributed by atoms with Crippen LogP contribution in [0.2, 0.25) is 0 Å². The van der Waals surface area contributed by atoms with Crippen molar-refractivity contribution in [2.24, 2.45) is 5.92 Å². The molecule has 3 rings (SSSR count). The molecular weight excluding hydrogens is 400 g/mol. The van der Waals surface area contributed by atoms with Crippen LogP contribution in [0.4, 0.5) is 5.69 Å². The molecule has 8 heteroatoms. The van der Waals surface area contributed by atoms with Gasteiger partial charge in [0.15, 0.2) is 6.61 Å². The molecule has 0 spiro atoms. The van der Waals surface area contributed by atoms with Gasteiger partial charge in [0, 0.05) is 24.7 Å². The highest BCUT2D eigenvalue weighted by atomic mass is 16.5. The van der Waals surface area contributed by atoms with E-state index in [2.05, 4.69) is 5.32 Å². The van der Waals surface area contributed by atoms with Crippen molar-refractivity contribution in [3.8, 4) is 0 Å². The highest BCUT2D eigenvalue weighted by Crippen LogP contribution is 2.29. The van der Waals surface area contributed by atoms with Gasteiger partial charge in [-0.05, 0) is 43.5 Å². The van der Waals surface area contributed by atoms with Crippen LogP contribution in [0.3, 0.4) is 0 Å². The third-order valence-corrected chi connectivity index (χ3v) is 5.69. The van der Waals surface area contributed by atoms with E-state index in [0.29, 0.717) is 24.4 Å². The van der Waals surface area contributed by atoms with E-state index < -0.39 is 30.4 Å². The molecule has 8 nitrogen and oxygen atoms in total. The summed E-state index contributed by atoms with van der Waals surface area (Å²) in [4.78, 5) is 50.4. The molecule has 1 N–H and O–H groups in total. The molecule has 1 aliphatic heterocycles. The lowest BCUT2D eigenvalue weighted by atomic mass is 9.94. The summed E-state index contributed by atoms with van der Waals surface area (Å²) in [5, 5.41) is 2.62. The maximum Gasteiger partial charge on any atom is 0.338 e. The van der Waals surface area contributed by atoms with Crippen LogP contribution in [-0.2, 0) is 23.9 Å². The number of likely N-dealkylation sites (tertiary alicyclic amines) is 1. The molecular formula is C23H30N2O6. The minimum Gasteiger partial charge on any atom is -0.462 e. The average Bonchev–Trinajstić information content (AvgIpc) is 3.18. The van der Waals surface area contributed by atoms with E-state index in [9.17, 15) is 19.2 Å². The van der Waals surface area contributed by atoms with Gasteiger partial charge < -0.3 is 19.7 Å². The third-order valence-electron chi connectivity index (χ3n) is 5.69. The Labute approximate surface area is 182 Å². The van der Waals surface area contributed by atoms with Crippen LogP contribution in [0.15, 0.2) is 24.3 Å². The van der Waals surface area contributed by atoms with Gasteiger partial charge in [-0.1, -0.05) is 26.2 Å². The van der Waals surface area contributed by atoms with Crippen LogP contribution in [0.25, 0.3) is 0 Å². The van der Waals surface area contributed by atoms with Crippen LogP contribution >= 0.6 is 0 Å². The second kappa shape index (κ2) is 10.9. The van der Waals surface area contributed by atoms with E-state index in [4.69, 9.17) is 9.47 Å². The average molecular weight is 431 g/mol. The van der Waals surface area contributed by atoms with Crippen LogP contribution < -0.4 is 5.32 Å². The van der Waals surface area contributed by atoms with Gasteiger partial charge >= 0.3 is 11.9 Å².